The van der Waals surface area contributed by atoms with Crippen molar-refractivity contribution in [3.8, 4) is 11.5 Å². The van der Waals surface area contributed by atoms with E-state index in [9.17, 15) is 9.59 Å². The van der Waals surface area contributed by atoms with E-state index in [1.165, 1.54) is 19.3 Å². The Morgan fingerprint density at radius 2 is 2.09 bits per heavy atom. The van der Waals surface area contributed by atoms with Gasteiger partial charge in [0.15, 0.2) is 11.5 Å². The number of hydrogen-bond donors (Lipinski definition) is 1. The first-order valence-corrected chi connectivity index (χ1v) is 7.35. The largest absolute Gasteiger partial charge is 0.493 e. The SMILES string of the molecule is C=CCN1C(=O)N/C(=C/c2cc(OCC)c(OC)cc2Cl)C1=O. The second-order valence-corrected chi connectivity index (χ2v) is 5.06. The van der Waals surface area contributed by atoms with Crippen molar-refractivity contribution in [3.05, 3.63) is 41.1 Å². The Hall–Kier alpha value is -2.47. The number of ether oxygens (including phenoxy) is 2. The molecule has 122 valence electrons. The first-order chi connectivity index (χ1) is 11.0. The van der Waals surface area contributed by atoms with Crippen LogP contribution in [-0.2, 0) is 4.79 Å². The monoisotopic (exact) mass is 336 g/mol. The van der Waals surface area contributed by atoms with E-state index in [1.54, 1.807) is 12.1 Å². The maximum atomic E-state index is 12.2. The van der Waals surface area contributed by atoms with Crippen LogP contribution in [-0.4, -0.2) is 37.1 Å². The number of benzene rings is 1. The van der Waals surface area contributed by atoms with E-state index >= 15 is 0 Å². The zero-order chi connectivity index (χ0) is 17.0. The van der Waals surface area contributed by atoms with Crippen molar-refractivity contribution in [2.45, 2.75) is 6.92 Å². The molecule has 0 radical (unpaired) electrons. The van der Waals surface area contributed by atoms with Gasteiger partial charge in [-0.3, -0.25) is 9.69 Å². The van der Waals surface area contributed by atoms with Crippen molar-refractivity contribution in [2.24, 2.45) is 0 Å². The van der Waals surface area contributed by atoms with Gasteiger partial charge in [-0.2, -0.15) is 0 Å². The average molecular weight is 337 g/mol. The summed E-state index contributed by atoms with van der Waals surface area (Å²) in [5.74, 6) is 0.569. The molecule has 1 aliphatic rings. The molecule has 1 heterocycles. The number of amides is 3. The van der Waals surface area contributed by atoms with Crippen LogP contribution < -0.4 is 14.8 Å². The lowest BCUT2D eigenvalue weighted by atomic mass is 10.1. The Labute approximate surface area is 139 Å². The van der Waals surface area contributed by atoms with Crippen LogP contribution in [0.25, 0.3) is 6.08 Å². The summed E-state index contributed by atoms with van der Waals surface area (Å²) < 4.78 is 10.7. The molecule has 0 aromatic heterocycles. The molecule has 1 aromatic carbocycles. The third-order valence-electron chi connectivity index (χ3n) is 3.16. The van der Waals surface area contributed by atoms with Gasteiger partial charge >= 0.3 is 6.03 Å². The highest BCUT2D eigenvalue weighted by atomic mass is 35.5. The van der Waals surface area contributed by atoms with Crippen LogP contribution in [0.3, 0.4) is 0 Å². The van der Waals surface area contributed by atoms with Gasteiger partial charge in [-0.05, 0) is 24.6 Å². The predicted octanol–water partition coefficient (Wildman–Crippen LogP) is 2.83. The summed E-state index contributed by atoms with van der Waals surface area (Å²) in [4.78, 5) is 25.0. The highest BCUT2D eigenvalue weighted by molar-refractivity contribution is 6.32. The molecule has 3 amide bonds. The number of halogens is 1. The molecular formula is C16H17ClN2O4. The fourth-order valence-electron chi connectivity index (χ4n) is 2.11. The number of nitrogens with one attached hydrogen (secondary N) is 1. The molecule has 0 atom stereocenters. The minimum atomic E-state index is -0.490. The molecule has 1 aromatic rings. The Kier molecular flexibility index (Phi) is 5.28. The summed E-state index contributed by atoms with van der Waals surface area (Å²) in [6.07, 6.45) is 2.99. The molecule has 1 aliphatic heterocycles. The molecule has 0 bridgehead atoms. The zero-order valence-corrected chi connectivity index (χ0v) is 13.6. The second kappa shape index (κ2) is 7.19. The third-order valence-corrected chi connectivity index (χ3v) is 3.48. The van der Waals surface area contributed by atoms with Gasteiger partial charge in [-0.1, -0.05) is 17.7 Å². The second-order valence-electron chi connectivity index (χ2n) is 4.65. The van der Waals surface area contributed by atoms with Crippen molar-refractivity contribution >= 4 is 29.6 Å². The molecule has 0 spiro atoms. The minimum Gasteiger partial charge on any atom is -0.493 e. The van der Waals surface area contributed by atoms with Gasteiger partial charge in [0.2, 0.25) is 0 Å². The normalized spacial score (nSPS) is 15.8. The number of imide groups is 1. The van der Waals surface area contributed by atoms with E-state index in [-0.39, 0.29) is 12.2 Å². The number of urea groups is 1. The van der Waals surface area contributed by atoms with E-state index in [4.69, 9.17) is 21.1 Å². The summed E-state index contributed by atoms with van der Waals surface area (Å²) in [6.45, 7) is 5.97. The topological polar surface area (TPSA) is 67.9 Å². The lowest BCUT2D eigenvalue weighted by Crippen LogP contribution is -2.30. The summed E-state index contributed by atoms with van der Waals surface area (Å²) in [7, 11) is 1.51. The molecule has 2 rings (SSSR count). The standard InChI is InChI=1S/C16H17ClN2O4/c1-4-6-19-15(20)12(18-16(19)21)7-10-8-14(23-5-2)13(22-3)9-11(10)17/h4,7-9H,1,5-6H2,2-3H3,(H,18,21)/b12-7+. The summed E-state index contributed by atoms with van der Waals surface area (Å²) in [5, 5.41) is 2.89. The fraction of sp³-hybridized carbons (Fsp3) is 0.250. The van der Waals surface area contributed by atoms with Gasteiger partial charge in [0.25, 0.3) is 5.91 Å². The lowest BCUT2D eigenvalue weighted by Gasteiger charge is -2.11. The number of nitrogens with zero attached hydrogens (tertiary/aromatic N) is 1. The molecule has 0 aliphatic carbocycles. The number of carbonyl (C=O) groups excluding carboxylic acids is 2. The van der Waals surface area contributed by atoms with Crippen LogP contribution in [0.1, 0.15) is 12.5 Å². The Morgan fingerprint density at radius 3 is 2.70 bits per heavy atom. The third kappa shape index (κ3) is 3.48. The van der Waals surface area contributed by atoms with Crippen molar-refractivity contribution in [1.29, 1.82) is 0 Å². The lowest BCUT2D eigenvalue weighted by molar-refractivity contribution is -0.122. The van der Waals surface area contributed by atoms with Gasteiger partial charge in [0.1, 0.15) is 5.70 Å². The first-order valence-electron chi connectivity index (χ1n) is 6.97. The number of carbonyl (C=O) groups is 2. The predicted molar refractivity (Wildman–Crippen MR) is 87.6 cm³/mol. The summed E-state index contributed by atoms with van der Waals surface area (Å²) in [6, 6.07) is 2.77. The van der Waals surface area contributed by atoms with Gasteiger partial charge in [-0.15, -0.1) is 6.58 Å². The highest BCUT2D eigenvalue weighted by Crippen LogP contribution is 2.34. The average Bonchev–Trinajstić information content (AvgIpc) is 2.78. The van der Waals surface area contributed by atoms with E-state index in [0.717, 1.165) is 4.90 Å². The van der Waals surface area contributed by atoms with Crippen molar-refractivity contribution < 1.29 is 19.1 Å². The molecule has 0 saturated carbocycles. The van der Waals surface area contributed by atoms with Crippen LogP contribution in [0, 0.1) is 0 Å². The maximum absolute atomic E-state index is 12.2. The number of hydrogen-bond acceptors (Lipinski definition) is 4. The fourth-order valence-corrected chi connectivity index (χ4v) is 2.32. The van der Waals surface area contributed by atoms with Crippen LogP contribution in [0.4, 0.5) is 4.79 Å². The molecule has 1 fully saturated rings. The Bertz CT molecular complexity index is 685. The smallest absolute Gasteiger partial charge is 0.329 e. The van der Waals surface area contributed by atoms with Crippen LogP contribution in [0.15, 0.2) is 30.5 Å². The van der Waals surface area contributed by atoms with E-state index in [0.29, 0.717) is 28.7 Å². The number of rotatable bonds is 6. The Balaban J connectivity index is 2.39. The summed E-state index contributed by atoms with van der Waals surface area (Å²) >= 11 is 6.21. The van der Waals surface area contributed by atoms with Gasteiger partial charge in [-0.25, -0.2) is 4.79 Å². The van der Waals surface area contributed by atoms with Crippen molar-refractivity contribution in [2.75, 3.05) is 20.3 Å². The molecule has 1 saturated heterocycles. The quantitative estimate of drug-likeness (QED) is 0.493. The van der Waals surface area contributed by atoms with Crippen LogP contribution >= 0.6 is 11.6 Å². The van der Waals surface area contributed by atoms with Gasteiger partial charge in [0.05, 0.1) is 18.7 Å². The molecule has 23 heavy (non-hydrogen) atoms. The van der Waals surface area contributed by atoms with Crippen molar-refractivity contribution in [1.82, 2.24) is 10.2 Å². The van der Waals surface area contributed by atoms with Gasteiger partial charge in [0, 0.05) is 12.6 Å². The maximum Gasteiger partial charge on any atom is 0.329 e. The summed E-state index contributed by atoms with van der Waals surface area (Å²) in [5.41, 5.74) is 0.686. The molecule has 1 N–H and O–H groups in total. The van der Waals surface area contributed by atoms with Gasteiger partial charge < -0.3 is 14.8 Å². The van der Waals surface area contributed by atoms with Crippen molar-refractivity contribution in [3.63, 3.8) is 0 Å². The van der Waals surface area contributed by atoms with E-state index in [2.05, 4.69) is 11.9 Å². The molecule has 0 unspecified atom stereocenters. The Morgan fingerprint density at radius 1 is 1.35 bits per heavy atom. The molecule has 6 nitrogen and oxygen atoms in total. The minimum absolute atomic E-state index is 0.141. The first kappa shape index (κ1) is 16.9. The zero-order valence-electron chi connectivity index (χ0n) is 12.9. The highest BCUT2D eigenvalue weighted by Gasteiger charge is 2.32. The molecular weight excluding hydrogens is 320 g/mol. The number of methoxy groups -OCH3 is 1. The van der Waals surface area contributed by atoms with Crippen LogP contribution in [0.2, 0.25) is 5.02 Å². The van der Waals surface area contributed by atoms with E-state index < -0.39 is 11.9 Å². The van der Waals surface area contributed by atoms with E-state index in [1.807, 2.05) is 6.92 Å². The molecule has 7 heteroatoms. The van der Waals surface area contributed by atoms with Crippen LogP contribution in [0.5, 0.6) is 11.5 Å².